The number of nitrogens with one attached hydrogen (secondary N) is 1. The van der Waals surface area contributed by atoms with E-state index in [0.717, 1.165) is 26.2 Å². The monoisotopic (exact) mass is 245 g/mol. The van der Waals surface area contributed by atoms with Gasteiger partial charge in [-0.2, -0.15) is 0 Å². The van der Waals surface area contributed by atoms with Gasteiger partial charge in [-0.3, -0.25) is 9.69 Å². The molecule has 0 saturated carbocycles. The highest BCUT2D eigenvalue weighted by atomic mass is 16.4. The van der Waals surface area contributed by atoms with Gasteiger partial charge in [-0.15, -0.1) is 0 Å². The summed E-state index contributed by atoms with van der Waals surface area (Å²) in [6.07, 6.45) is -1.01. The van der Waals surface area contributed by atoms with Crippen molar-refractivity contribution in [3.05, 3.63) is 0 Å². The molecule has 0 aromatic rings. The zero-order chi connectivity index (χ0) is 12.8. The molecule has 1 saturated heterocycles. The van der Waals surface area contributed by atoms with E-state index < -0.39 is 12.1 Å². The number of aliphatic hydroxyl groups excluding tert-OH is 1. The molecular formula is C11H23N3O3. The molecule has 0 amide bonds. The predicted octanol–water partition coefficient (Wildman–Crippen LogP) is -1.34. The van der Waals surface area contributed by atoms with Gasteiger partial charge in [0.05, 0.1) is 12.5 Å². The number of piperazine rings is 1. The summed E-state index contributed by atoms with van der Waals surface area (Å²) in [5.74, 6) is -0.964. The van der Waals surface area contributed by atoms with Gasteiger partial charge in [0.1, 0.15) is 0 Å². The number of hydrogen-bond donors (Lipinski definition) is 3. The smallest absolute Gasteiger partial charge is 0.306 e. The average Bonchev–Trinajstić information content (AvgIpc) is 2.22. The maximum Gasteiger partial charge on any atom is 0.306 e. The van der Waals surface area contributed by atoms with Gasteiger partial charge >= 0.3 is 5.97 Å². The van der Waals surface area contributed by atoms with E-state index >= 15 is 0 Å². The quantitative estimate of drug-likeness (QED) is 0.537. The molecule has 0 aromatic carbocycles. The van der Waals surface area contributed by atoms with Gasteiger partial charge in [0.25, 0.3) is 0 Å². The minimum absolute atomic E-state index is 0.201. The van der Waals surface area contributed by atoms with Crippen molar-refractivity contribution in [1.82, 2.24) is 15.1 Å². The number of carbonyl (C=O) groups is 1. The molecule has 2 unspecified atom stereocenters. The summed E-state index contributed by atoms with van der Waals surface area (Å²) >= 11 is 0. The second-order valence-corrected chi connectivity index (χ2v) is 4.81. The summed E-state index contributed by atoms with van der Waals surface area (Å²) in [4.78, 5) is 14.9. The SMILES string of the molecule is CN1CCN(C)C(CNCC(O)CC(=O)O)C1. The second-order valence-electron chi connectivity index (χ2n) is 4.81. The molecule has 2 atom stereocenters. The number of nitrogens with zero attached hydrogens (tertiary/aromatic N) is 2. The van der Waals surface area contributed by atoms with Crippen LogP contribution in [0.15, 0.2) is 0 Å². The van der Waals surface area contributed by atoms with Crippen molar-refractivity contribution >= 4 is 5.97 Å². The molecule has 0 radical (unpaired) electrons. The van der Waals surface area contributed by atoms with Gasteiger partial charge in [-0.1, -0.05) is 0 Å². The normalized spacial score (nSPS) is 24.8. The first-order valence-corrected chi connectivity index (χ1v) is 5.98. The molecule has 1 aliphatic rings. The van der Waals surface area contributed by atoms with Crippen molar-refractivity contribution in [3.8, 4) is 0 Å². The van der Waals surface area contributed by atoms with Crippen molar-refractivity contribution in [3.63, 3.8) is 0 Å². The highest BCUT2D eigenvalue weighted by Gasteiger charge is 2.21. The van der Waals surface area contributed by atoms with Gasteiger partial charge < -0.3 is 20.4 Å². The zero-order valence-electron chi connectivity index (χ0n) is 10.6. The van der Waals surface area contributed by atoms with Crippen LogP contribution in [0.4, 0.5) is 0 Å². The minimum Gasteiger partial charge on any atom is -0.481 e. The Morgan fingerprint density at radius 1 is 1.47 bits per heavy atom. The van der Waals surface area contributed by atoms with Crippen LogP contribution in [0.3, 0.4) is 0 Å². The molecule has 100 valence electrons. The van der Waals surface area contributed by atoms with Crippen LogP contribution in [-0.2, 0) is 4.79 Å². The summed E-state index contributed by atoms with van der Waals surface area (Å²) in [5, 5.41) is 21.0. The molecule has 1 fully saturated rings. The van der Waals surface area contributed by atoms with Gasteiger partial charge in [-0.05, 0) is 14.1 Å². The summed E-state index contributed by atoms with van der Waals surface area (Å²) < 4.78 is 0. The standard InChI is InChI=1S/C11H23N3O3/c1-13-3-4-14(2)9(8-13)6-12-7-10(15)5-11(16)17/h9-10,12,15H,3-8H2,1-2H3,(H,16,17). The van der Waals surface area contributed by atoms with Crippen molar-refractivity contribution in [2.75, 3.05) is 46.8 Å². The molecule has 6 heteroatoms. The van der Waals surface area contributed by atoms with Crippen LogP contribution in [0, 0.1) is 0 Å². The number of rotatable bonds is 6. The molecule has 1 aliphatic heterocycles. The van der Waals surface area contributed by atoms with Crippen LogP contribution in [-0.4, -0.2) is 84.9 Å². The van der Waals surface area contributed by atoms with Crippen LogP contribution in [0.2, 0.25) is 0 Å². The lowest BCUT2D eigenvalue weighted by Crippen LogP contribution is -2.54. The van der Waals surface area contributed by atoms with E-state index in [9.17, 15) is 9.90 Å². The lowest BCUT2D eigenvalue weighted by atomic mass is 10.2. The summed E-state index contributed by atoms with van der Waals surface area (Å²) in [6.45, 7) is 4.23. The molecule has 0 spiro atoms. The molecule has 0 aliphatic carbocycles. The Balaban J connectivity index is 2.18. The van der Waals surface area contributed by atoms with Gasteiger partial charge in [0.2, 0.25) is 0 Å². The maximum absolute atomic E-state index is 10.4. The van der Waals surface area contributed by atoms with E-state index in [4.69, 9.17) is 5.11 Å². The topological polar surface area (TPSA) is 76.0 Å². The molecule has 0 aromatic heterocycles. The van der Waals surface area contributed by atoms with E-state index in [1.807, 2.05) is 0 Å². The maximum atomic E-state index is 10.4. The Hall–Kier alpha value is -0.690. The van der Waals surface area contributed by atoms with Crippen LogP contribution < -0.4 is 5.32 Å². The number of carboxylic acids is 1. The van der Waals surface area contributed by atoms with Gasteiger partial charge in [0.15, 0.2) is 0 Å². The highest BCUT2D eigenvalue weighted by Crippen LogP contribution is 2.04. The fourth-order valence-electron chi connectivity index (χ4n) is 2.01. The molecule has 1 rings (SSSR count). The molecule has 17 heavy (non-hydrogen) atoms. The Bertz CT molecular complexity index is 250. The fraction of sp³-hybridized carbons (Fsp3) is 0.909. The number of aliphatic hydroxyl groups is 1. The van der Waals surface area contributed by atoms with Crippen molar-refractivity contribution < 1.29 is 15.0 Å². The third-order valence-corrected chi connectivity index (χ3v) is 3.15. The van der Waals surface area contributed by atoms with E-state index in [1.165, 1.54) is 0 Å². The van der Waals surface area contributed by atoms with Crippen LogP contribution in [0.5, 0.6) is 0 Å². The average molecular weight is 245 g/mol. The number of carboxylic acid groups (broad SMARTS) is 1. The van der Waals surface area contributed by atoms with Crippen LogP contribution >= 0.6 is 0 Å². The minimum atomic E-state index is -0.964. The first kappa shape index (κ1) is 14.4. The Morgan fingerprint density at radius 3 is 2.82 bits per heavy atom. The third-order valence-electron chi connectivity index (χ3n) is 3.15. The van der Waals surface area contributed by atoms with Gasteiger partial charge in [-0.25, -0.2) is 0 Å². The second kappa shape index (κ2) is 6.90. The van der Waals surface area contributed by atoms with Crippen molar-refractivity contribution in [1.29, 1.82) is 0 Å². The molecule has 6 nitrogen and oxygen atoms in total. The number of likely N-dealkylation sites (N-methyl/N-ethyl adjacent to an activating group) is 2. The Morgan fingerprint density at radius 2 is 2.18 bits per heavy atom. The third kappa shape index (κ3) is 5.45. The molecular weight excluding hydrogens is 222 g/mol. The highest BCUT2D eigenvalue weighted by molar-refractivity contribution is 5.67. The lowest BCUT2D eigenvalue weighted by Gasteiger charge is -2.37. The first-order chi connectivity index (χ1) is 7.99. The largest absolute Gasteiger partial charge is 0.481 e. The summed E-state index contributed by atoms with van der Waals surface area (Å²) in [7, 11) is 4.19. The van der Waals surface area contributed by atoms with Crippen molar-refractivity contribution in [2.24, 2.45) is 0 Å². The molecule has 0 bridgehead atoms. The van der Waals surface area contributed by atoms with E-state index in [1.54, 1.807) is 0 Å². The van der Waals surface area contributed by atoms with Crippen LogP contribution in [0.1, 0.15) is 6.42 Å². The van der Waals surface area contributed by atoms with E-state index in [2.05, 4.69) is 29.2 Å². The number of aliphatic carboxylic acids is 1. The Labute approximate surface area is 102 Å². The molecule has 1 heterocycles. The van der Waals surface area contributed by atoms with Gasteiger partial charge in [0, 0.05) is 38.8 Å². The van der Waals surface area contributed by atoms with Crippen LogP contribution in [0.25, 0.3) is 0 Å². The predicted molar refractivity (Wildman–Crippen MR) is 65.0 cm³/mol. The number of hydrogen-bond acceptors (Lipinski definition) is 5. The first-order valence-electron chi connectivity index (χ1n) is 5.98. The summed E-state index contributed by atoms with van der Waals surface area (Å²) in [6, 6.07) is 0.422. The van der Waals surface area contributed by atoms with Crippen molar-refractivity contribution in [2.45, 2.75) is 18.6 Å². The van der Waals surface area contributed by atoms with E-state index in [-0.39, 0.29) is 6.42 Å². The fourth-order valence-corrected chi connectivity index (χ4v) is 2.01. The zero-order valence-corrected chi connectivity index (χ0v) is 10.6. The Kier molecular flexibility index (Phi) is 5.84. The van der Waals surface area contributed by atoms with E-state index in [0.29, 0.717) is 12.6 Å². The lowest BCUT2D eigenvalue weighted by molar-refractivity contribution is -0.139. The molecule has 3 N–H and O–H groups in total. The summed E-state index contributed by atoms with van der Waals surface area (Å²) in [5.41, 5.74) is 0.